The zero-order valence-corrected chi connectivity index (χ0v) is 20.9. The van der Waals surface area contributed by atoms with Gasteiger partial charge in [0.2, 0.25) is 15.9 Å². The van der Waals surface area contributed by atoms with Crippen LogP contribution in [0.25, 0.3) is 6.08 Å². The van der Waals surface area contributed by atoms with E-state index in [0.29, 0.717) is 5.69 Å². The second kappa shape index (κ2) is 11.1. The van der Waals surface area contributed by atoms with Gasteiger partial charge < -0.3 is 14.7 Å². The van der Waals surface area contributed by atoms with Crippen LogP contribution in [0.1, 0.15) is 32.0 Å². The fraction of sp³-hybridized carbons (Fsp3) is 0.440. The molecule has 8 nitrogen and oxygen atoms in total. The molecule has 184 valence electrons. The Kier molecular flexibility index (Phi) is 8.46. The van der Waals surface area contributed by atoms with Crippen LogP contribution < -0.4 is 4.74 Å². The highest BCUT2D eigenvalue weighted by Crippen LogP contribution is 2.34. The fourth-order valence-corrected chi connectivity index (χ4v) is 5.75. The number of likely N-dealkylation sites (N-methyl/N-ethyl adjacent to an activating group) is 1. The molecule has 2 aromatic rings. The number of pyridine rings is 1. The number of allylic oxidation sites excluding steroid dienone is 1. The van der Waals surface area contributed by atoms with Crippen LogP contribution in [0.2, 0.25) is 0 Å². The molecule has 0 aliphatic carbocycles. The quantitative estimate of drug-likeness (QED) is 0.644. The van der Waals surface area contributed by atoms with Crippen LogP contribution in [0.5, 0.6) is 5.75 Å². The van der Waals surface area contributed by atoms with Gasteiger partial charge in [-0.05, 0) is 43.7 Å². The van der Waals surface area contributed by atoms with Crippen molar-refractivity contribution in [1.82, 2.24) is 14.2 Å². The molecule has 1 N–H and O–H groups in total. The molecule has 0 radical (unpaired) electrons. The van der Waals surface area contributed by atoms with Crippen molar-refractivity contribution >= 4 is 22.0 Å². The molecule has 0 unspecified atom stereocenters. The van der Waals surface area contributed by atoms with E-state index >= 15 is 0 Å². The monoisotopic (exact) mass is 487 g/mol. The number of aromatic nitrogens is 1. The Labute approximate surface area is 201 Å². The average molecular weight is 488 g/mol. The number of hydrogen-bond acceptors (Lipinski definition) is 6. The van der Waals surface area contributed by atoms with E-state index in [1.54, 1.807) is 55.4 Å². The van der Waals surface area contributed by atoms with E-state index in [2.05, 4.69) is 4.98 Å². The van der Waals surface area contributed by atoms with Crippen LogP contribution in [-0.4, -0.2) is 72.5 Å². The average Bonchev–Trinajstić information content (AvgIpc) is 2.81. The van der Waals surface area contributed by atoms with Gasteiger partial charge in [0.1, 0.15) is 16.7 Å². The number of hydrogen-bond donors (Lipinski definition) is 1. The lowest BCUT2D eigenvalue weighted by atomic mass is 10.0. The summed E-state index contributed by atoms with van der Waals surface area (Å²) in [5.41, 5.74) is 1.49. The van der Waals surface area contributed by atoms with Crippen molar-refractivity contribution in [3.63, 3.8) is 0 Å². The lowest BCUT2D eigenvalue weighted by molar-refractivity contribution is -0.130. The highest BCUT2D eigenvalue weighted by molar-refractivity contribution is 7.89. The molecule has 0 spiro atoms. The van der Waals surface area contributed by atoms with Crippen molar-refractivity contribution in [3.8, 4) is 5.75 Å². The number of ether oxygens (including phenoxy) is 1. The number of sulfonamides is 1. The molecule has 9 heteroatoms. The SMILES string of the molecule is C/C=C/c1ccc2c(c1)O[C@H](CN(C)C(=O)Cc1ccccn1)[C@H](C)CN([C@H](C)CO)S2(=O)=O. The standard InChI is InChI=1S/C25H33N3O5S/c1-5-8-20-10-11-24-22(13-20)33-23(18(2)15-28(19(3)17-29)34(24,31)32)16-27(4)25(30)14-21-9-6-7-12-26-21/h5-13,18-19,23,29H,14-17H2,1-4H3/b8-5+/t18-,19-,23-/m1/s1. The minimum atomic E-state index is -3.89. The number of rotatable bonds is 7. The third-order valence-corrected chi connectivity index (χ3v) is 8.01. The van der Waals surface area contributed by atoms with Crippen molar-refractivity contribution in [3.05, 3.63) is 59.9 Å². The maximum Gasteiger partial charge on any atom is 0.247 e. The summed E-state index contributed by atoms with van der Waals surface area (Å²) >= 11 is 0. The fourth-order valence-electron chi connectivity index (χ4n) is 3.92. The molecular formula is C25H33N3O5S. The number of fused-ring (bicyclic) bond motifs is 1. The van der Waals surface area contributed by atoms with E-state index < -0.39 is 22.2 Å². The number of nitrogens with zero attached hydrogens (tertiary/aromatic N) is 3. The van der Waals surface area contributed by atoms with E-state index in [1.807, 2.05) is 32.1 Å². The summed E-state index contributed by atoms with van der Waals surface area (Å²) in [4.78, 5) is 18.7. The number of aliphatic hydroxyl groups is 1. The largest absolute Gasteiger partial charge is 0.487 e. The smallest absolute Gasteiger partial charge is 0.247 e. The van der Waals surface area contributed by atoms with Gasteiger partial charge in [-0.3, -0.25) is 9.78 Å². The molecule has 1 amide bonds. The predicted octanol–water partition coefficient (Wildman–Crippen LogP) is 2.58. The number of benzene rings is 1. The van der Waals surface area contributed by atoms with Gasteiger partial charge in [0.25, 0.3) is 0 Å². The van der Waals surface area contributed by atoms with Crippen molar-refractivity contribution in [2.75, 3.05) is 26.7 Å². The molecule has 0 saturated carbocycles. The van der Waals surface area contributed by atoms with Crippen LogP contribution in [0, 0.1) is 5.92 Å². The highest BCUT2D eigenvalue weighted by Gasteiger charge is 2.38. The predicted molar refractivity (Wildman–Crippen MR) is 131 cm³/mol. The van der Waals surface area contributed by atoms with Crippen molar-refractivity contribution in [2.45, 2.75) is 44.2 Å². The molecule has 0 saturated heterocycles. The Morgan fingerprint density at radius 3 is 2.76 bits per heavy atom. The molecule has 1 aromatic carbocycles. The highest BCUT2D eigenvalue weighted by atomic mass is 32.2. The van der Waals surface area contributed by atoms with Crippen molar-refractivity contribution in [1.29, 1.82) is 0 Å². The first-order valence-corrected chi connectivity index (χ1v) is 12.8. The molecule has 0 fully saturated rings. The second-order valence-electron chi connectivity index (χ2n) is 8.72. The minimum absolute atomic E-state index is 0.0559. The van der Waals surface area contributed by atoms with Gasteiger partial charge in [-0.25, -0.2) is 8.42 Å². The van der Waals surface area contributed by atoms with Crippen molar-refractivity contribution in [2.24, 2.45) is 5.92 Å². The van der Waals surface area contributed by atoms with Crippen LogP contribution in [0.3, 0.4) is 0 Å². The summed E-state index contributed by atoms with van der Waals surface area (Å²) in [6.07, 6.45) is 5.09. The topological polar surface area (TPSA) is 100 Å². The molecule has 34 heavy (non-hydrogen) atoms. The Morgan fingerprint density at radius 2 is 2.12 bits per heavy atom. The maximum atomic E-state index is 13.5. The van der Waals surface area contributed by atoms with Gasteiger partial charge in [0.05, 0.1) is 19.6 Å². The first-order chi connectivity index (χ1) is 16.2. The minimum Gasteiger partial charge on any atom is -0.487 e. The summed E-state index contributed by atoms with van der Waals surface area (Å²) in [7, 11) is -2.18. The van der Waals surface area contributed by atoms with Gasteiger partial charge in [-0.15, -0.1) is 0 Å². The summed E-state index contributed by atoms with van der Waals surface area (Å²) in [6, 6.07) is 9.82. The normalized spacial score (nSPS) is 21.2. The Morgan fingerprint density at radius 1 is 1.35 bits per heavy atom. The van der Waals surface area contributed by atoms with E-state index in [9.17, 15) is 18.3 Å². The number of aliphatic hydroxyl groups excluding tert-OH is 1. The summed E-state index contributed by atoms with van der Waals surface area (Å²) < 4.78 is 34.6. The molecule has 1 aliphatic heterocycles. The lowest BCUT2D eigenvalue weighted by Gasteiger charge is -2.37. The van der Waals surface area contributed by atoms with Crippen molar-refractivity contribution < 1.29 is 23.1 Å². The number of carbonyl (C=O) groups excluding carboxylic acids is 1. The van der Waals surface area contributed by atoms with E-state index in [1.165, 1.54) is 4.31 Å². The molecule has 1 aromatic heterocycles. The van der Waals surface area contributed by atoms with Gasteiger partial charge >= 0.3 is 0 Å². The summed E-state index contributed by atoms with van der Waals surface area (Å²) in [5.74, 6) is -0.104. The van der Waals surface area contributed by atoms with Gasteiger partial charge in [0.15, 0.2) is 0 Å². The maximum absolute atomic E-state index is 13.5. The first-order valence-electron chi connectivity index (χ1n) is 11.4. The molecule has 2 heterocycles. The Bertz CT molecular complexity index is 1120. The molecular weight excluding hydrogens is 454 g/mol. The van der Waals surface area contributed by atoms with Gasteiger partial charge in [-0.2, -0.15) is 4.31 Å². The Hall–Kier alpha value is -2.75. The summed E-state index contributed by atoms with van der Waals surface area (Å²) in [5, 5.41) is 9.75. The number of carbonyl (C=O) groups is 1. The van der Waals surface area contributed by atoms with Gasteiger partial charge in [0, 0.05) is 37.4 Å². The first kappa shape index (κ1) is 25.9. The van der Waals surface area contributed by atoms with Crippen LogP contribution in [0.15, 0.2) is 53.6 Å². The van der Waals surface area contributed by atoms with Crippen LogP contribution in [0.4, 0.5) is 0 Å². The number of amides is 1. The third kappa shape index (κ3) is 5.84. The lowest BCUT2D eigenvalue weighted by Crippen LogP contribution is -2.50. The van der Waals surface area contributed by atoms with Crippen LogP contribution >= 0.6 is 0 Å². The summed E-state index contributed by atoms with van der Waals surface area (Å²) in [6.45, 7) is 5.60. The third-order valence-electron chi connectivity index (χ3n) is 5.99. The molecule has 3 rings (SSSR count). The van der Waals surface area contributed by atoms with E-state index in [0.717, 1.165) is 5.56 Å². The van der Waals surface area contributed by atoms with E-state index in [-0.39, 0.29) is 48.6 Å². The second-order valence-corrected chi connectivity index (χ2v) is 10.6. The molecule has 0 bridgehead atoms. The van der Waals surface area contributed by atoms with Gasteiger partial charge in [-0.1, -0.05) is 31.2 Å². The molecule has 3 atom stereocenters. The Balaban J connectivity index is 1.94. The van der Waals surface area contributed by atoms with Crippen LogP contribution in [-0.2, 0) is 21.2 Å². The zero-order chi connectivity index (χ0) is 24.9. The molecule has 1 aliphatic rings. The van der Waals surface area contributed by atoms with E-state index in [4.69, 9.17) is 4.74 Å². The zero-order valence-electron chi connectivity index (χ0n) is 20.1.